The van der Waals surface area contributed by atoms with Crippen molar-refractivity contribution < 1.29 is 24.0 Å². The second-order valence-corrected chi connectivity index (χ2v) is 5.72. The number of nitrogens with zero attached hydrogens (tertiary/aromatic N) is 1. The Balaban J connectivity index is 1.83. The third kappa shape index (κ3) is 4.36. The summed E-state index contributed by atoms with van der Waals surface area (Å²) in [6, 6.07) is 18.8. The van der Waals surface area contributed by atoms with Crippen LogP contribution in [0.1, 0.15) is 24.0 Å². The Bertz CT molecular complexity index is 732. The third-order valence-corrected chi connectivity index (χ3v) is 3.86. The topological polar surface area (TPSA) is 70.8 Å². The lowest BCUT2D eigenvalue weighted by Crippen LogP contribution is -2.46. The van der Waals surface area contributed by atoms with Gasteiger partial charge >= 0.3 is 5.97 Å². The van der Waals surface area contributed by atoms with Crippen LogP contribution in [0, 0.1) is 5.21 Å². The fourth-order valence-electron chi connectivity index (χ4n) is 2.73. The molecule has 2 aromatic rings. The zero-order chi connectivity index (χ0) is 17.6. The molecule has 1 aliphatic heterocycles. The van der Waals surface area contributed by atoms with E-state index in [-0.39, 0.29) is 6.61 Å². The molecule has 0 radical (unpaired) electrons. The molecule has 1 aliphatic rings. The minimum Gasteiger partial charge on any atom is -0.457 e. The first kappa shape index (κ1) is 17.0. The Labute approximate surface area is 145 Å². The second-order valence-electron chi connectivity index (χ2n) is 5.72. The van der Waals surface area contributed by atoms with Gasteiger partial charge in [0.15, 0.2) is 6.10 Å². The van der Waals surface area contributed by atoms with Gasteiger partial charge in [-0.1, -0.05) is 60.7 Å². The fraction of sp³-hybridized carbons (Fsp3) is 0.263. The lowest BCUT2D eigenvalue weighted by Gasteiger charge is -2.34. The van der Waals surface area contributed by atoms with Crippen LogP contribution in [-0.4, -0.2) is 29.5 Å². The van der Waals surface area contributed by atoms with Gasteiger partial charge in [0, 0.05) is 11.8 Å². The predicted molar refractivity (Wildman–Crippen MR) is 90.5 cm³/mol. The Morgan fingerprint density at radius 3 is 2.40 bits per heavy atom. The van der Waals surface area contributed by atoms with Crippen molar-refractivity contribution in [1.82, 2.24) is 0 Å². The molecule has 0 bridgehead atoms. The van der Waals surface area contributed by atoms with Crippen LogP contribution >= 0.6 is 0 Å². The summed E-state index contributed by atoms with van der Waals surface area (Å²) in [6.07, 6.45) is -0.420. The van der Waals surface area contributed by atoms with Gasteiger partial charge in [0.2, 0.25) is 12.5 Å². The standard InChI is InChI=1S/C19H19NO5/c1-14(21)24-18-17(16-10-6-3-7-11-16)12-20(22)25-19(18)23-13-15-8-4-2-5-9-15/h2-12,17-19H,13H2,1H3/t17-,18-,19+/m1/s1. The zero-order valence-electron chi connectivity index (χ0n) is 13.8. The minimum absolute atomic E-state index is 0.235. The highest BCUT2D eigenvalue weighted by Gasteiger charge is 2.40. The molecule has 0 fully saturated rings. The Morgan fingerprint density at radius 1 is 1.12 bits per heavy atom. The summed E-state index contributed by atoms with van der Waals surface area (Å²) < 4.78 is 11.2. The molecule has 3 atom stereocenters. The van der Waals surface area contributed by atoms with Crippen LogP contribution in [0.25, 0.3) is 0 Å². The van der Waals surface area contributed by atoms with Gasteiger partial charge in [0.25, 0.3) is 0 Å². The van der Waals surface area contributed by atoms with Crippen molar-refractivity contribution in [3.05, 3.63) is 77.0 Å². The molecular formula is C19H19NO5. The van der Waals surface area contributed by atoms with E-state index >= 15 is 0 Å². The highest BCUT2D eigenvalue weighted by molar-refractivity contribution is 5.69. The number of rotatable bonds is 5. The molecule has 25 heavy (non-hydrogen) atoms. The average molecular weight is 341 g/mol. The monoisotopic (exact) mass is 341 g/mol. The third-order valence-electron chi connectivity index (χ3n) is 3.86. The number of hydrogen-bond acceptors (Lipinski definition) is 5. The van der Waals surface area contributed by atoms with Gasteiger partial charge in [-0.25, -0.2) is 0 Å². The van der Waals surface area contributed by atoms with Crippen LogP contribution in [0.3, 0.4) is 0 Å². The summed E-state index contributed by atoms with van der Waals surface area (Å²) >= 11 is 0. The molecule has 130 valence electrons. The lowest BCUT2D eigenvalue weighted by atomic mass is 9.93. The molecule has 0 amide bonds. The summed E-state index contributed by atoms with van der Waals surface area (Å²) in [6.45, 7) is 1.55. The first-order valence-corrected chi connectivity index (χ1v) is 7.99. The van der Waals surface area contributed by atoms with E-state index in [0.29, 0.717) is 4.90 Å². The molecule has 0 unspecified atom stereocenters. The van der Waals surface area contributed by atoms with Crippen molar-refractivity contribution in [3.63, 3.8) is 0 Å². The summed E-state index contributed by atoms with van der Waals surface area (Å²) in [5.74, 6) is -0.923. The van der Waals surface area contributed by atoms with E-state index in [1.807, 2.05) is 60.7 Å². The maximum atomic E-state index is 11.9. The maximum Gasteiger partial charge on any atom is 0.303 e. The van der Waals surface area contributed by atoms with Gasteiger partial charge in [-0.3, -0.25) is 10.0 Å². The van der Waals surface area contributed by atoms with E-state index in [4.69, 9.17) is 14.3 Å². The second kappa shape index (κ2) is 7.81. The summed E-state index contributed by atoms with van der Waals surface area (Å²) in [7, 11) is 0. The van der Waals surface area contributed by atoms with Gasteiger partial charge in [0.1, 0.15) is 5.92 Å². The molecule has 0 spiro atoms. The summed E-state index contributed by atoms with van der Waals surface area (Å²) in [5.41, 5.74) is 1.77. The molecule has 0 aliphatic carbocycles. The van der Waals surface area contributed by atoms with E-state index < -0.39 is 24.3 Å². The number of carbonyl (C=O) groups is 1. The number of carbonyl (C=O) groups excluding carboxylic acids is 1. The summed E-state index contributed by atoms with van der Waals surface area (Å²) in [5, 5.41) is 11.9. The lowest BCUT2D eigenvalue weighted by molar-refractivity contribution is -0.772. The normalized spacial score (nSPS) is 22.6. The molecule has 1 heterocycles. The van der Waals surface area contributed by atoms with Crippen LogP contribution in [0.2, 0.25) is 0 Å². The van der Waals surface area contributed by atoms with Crippen molar-refractivity contribution in [3.8, 4) is 0 Å². The predicted octanol–water partition coefficient (Wildman–Crippen LogP) is 2.77. The number of ether oxygens (including phenoxy) is 2. The molecule has 6 heteroatoms. The van der Waals surface area contributed by atoms with Crippen LogP contribution in [0.4, 0.5) is 0 Å². The highest BCUT2D eigenvalue weighted by Crippen LogP contribution is 2.28. The molecule has 6 nitrogen and oxygen atoms in total. The number of hydrogen-bond donors (Lipinski definition) is 0. The smallest absolute Gasteiger partial charge is 0.303 e. The Morgan fingerprint density at radius 2 is 1.76 bits per heavy atom. The van der Waals surface area contributed by atoms with Crippen molar-refractivity contribution in [2.75, 3.05) is 0 Å². The molecule has 2 aromatic carbocycles. The van der Waals surface area contributed by atoms with Crippen molar-refractivity contribution >= 4 is 12.2 Å². The molecule has 3 rings (SSSR count). The van der Waals surface area contributed by atoms with Crippen LogP contribution in [-0.2, 0) is 25.7 Å². The van der Waals surface area contributed by atoms with Crippen molar-refractivity contribution in [2.24, 2.45) is 0 Å². The van der Waals surface area contributed by atoms with E-state index in [0.717, 1.165) is 11.1 Å². The van der Waals surface area contributed by atoms with Gasteiger partial charge in [0.05, 0.1) is 6.61 Å². The van der Waals surface area contributed by atoms with E-state index in [2.05, 4.69) is 0 Å². The first-order chi connectivity index (χ1) is 12.1. The number of esters is 1. The van der Waals surface area contributed by atoms with Crippen molar-refractivity contribution in [1.29, 1.82) is 0 Å². The van der Waals surface area contributed by atoms with E-state index in [1.54, 1.807) is 0 Å². The van der Waals surface area contributed by atoms with Gasteiger partial charge in [-0.15, -0.1) is 0 Å². The Hall–Kier alpha value is -2.86. The first-order valence-electron chi connectivity index (χ1n) is 7.99. The van der Waals surface area contributed by atoms with Crippen LogP contribution in [0.15, 0.2) is 60.7 Å². The van der Waals surface area contributed by atoms with E-state index in [9.17, 15) is 10.0 Å². The quantitative estimate of drug-likeness (QED) is 0.618. The largest absolute Gasteiger partial charge is 0.457 e. The zero-order valence-corrected chi connectivity index (χ0v) is 13.8. The molecule has 0 aromatic heterocycles. The van der Waals surface area contributed by atoms with Gasteiger partial charge < -0.3 is 14.3 Å². The molecular weight excluding hydrogens is 322 g/mol. The SMILES string of the molecule is CC(=O)O[C@H]1[C@@H](OCc2ccccc2)O[N+]([O-])=C[C@@H]1c1ccccc1. The maximum absolute atomic E-state index is 11.9. The average Bonchev–Trinajstić information content (AvgIpc) is 2.63. The molecule has 0 saturated heterocycles. The Kier molecular flexibility index (Phi) is 5.30. The summed E-state index contributed by atoms with van der Waals surface area (Å²) in [4.78, 5) is 17.1. The van der Waals surface area contributed by atoms with E-state index in [1.165, 1.54) is 13.1 Å². The highest BCUT2D eigenvalue weighted by atomic mass is 16.9. The van der Waals surface area contributed by atoms with Crippen LogP contribution in [0.5, 0.6) is 0 Å². The minimum atomic E-state index is -1.00. The number of benzene rings is 2. The van der Waals surface area contributed by atoms with Crippen molar-refractivity contribution in [2.45, 2.75) is 31.8 Å². The van der Waals surface area contributed by atoms with Gasteiger partial charge in [-0.05, 0) is 11.1 Å². The van der Waals surface area contributed by atoms with Crippen LogP contribution < -0.4 is 0 Å². The molecule has 0 N–H and O–H groups in total. The van der Waals surface area contributed by atoms with Gasteiger partial charge in [-0.2, -0.15) is 0 Å². The fourth-order valence-corrected chi connectivity index (χ4v) is 2.73. The molecule has 0 saturated carbocycles.